The van der Waals surface area contributed by atoms with Gasteiger partial charge in [0.05, 0.1) is 10.3 Å². The van der Waals surface area contributed by atoms with Crippen molar-refractivity contribution in [3.63, 3.8) is 0 Å². The van der Waals surface area contributed by atoms with E-state index in [1.165, 1.54) is 23.6 Å². The zero-order valence-corrected chi connectivity index (χ0v) is 10.4. The number of amidine groups is 1. The van der Waals surface area contributed by atoms with Gasteiger partial charge in [0.25, 0.3) is 0 Å². The molecule has 4 N–H and O–H groups in total. The molecule has 2 aromatic rings. The number of pyridine rings is 1. The summed E-state index contributed by atoms with van der Waals surface area (Å²) in [6.07, 6.45) is 1.33. The maximum atomic E-state index is 12.0. The molecule has 7 heteroatoms. The summed E-state index contributed by atoms with van der Waals surface area (Å²) in [5.41, 5.74) is 4.58. The van der Waals surface area contributed by atoms with E-state index in [4.69, 9.17) is 16.2 Å². The Morgan fingerprint density at radius 3 is 2.78 bits per heavy atom. The van der Waals surface area contributed by atoms with E-state index in [9.17, 15) is 9.59 Å². The third-order valence-electron chi connectivity index (χ3n) is 2.58. The highest BCUT2D eigenvalue weighted by atomic mass is 32.1. The van der Waals surface area contributed by atoms with E-state index in [1.54, 1.807) is 4.57 Å². The van der Waals surface area contributed by atoms with Crippen LogP contribution in [0.25, 0.3) is 10.2 Å². The van der Waals surface area contributed by atoms with E-state index in [1.807, 2.05) is 6.92 Å². The highest BCUT2D eigenvalue weighted by molar-refractivity contribution is 7.20. The van der Waals surface area contributed by atoms with Gasteiger partial charge in [-0.3, -0.25) is 10.2 Å². The van der Waals surface area contributed by atoms with E-state index in [0.717, 1.165) is 0 Å². The molecule has 0 radical (unpaired) electrons. The van der Waals surface area contributed by atoms with Gasteiger partial charge in [0.1, 0.15) is 16.2 Å². The maximum absolute atomic E-state index is 12.0. The zero-order chi connectivity index (χ0) is 13.4. The molecule has 0 amide bonds. The molecular formula is C11H11N3O3S. The summed E-state index contributed by atoms with van der Waals surface area (Å²) >= 11 is 1.21. The lowest BCUT2D eigenvalue weighted by atomic mass is 10.2. The van der Waals surface area contributed by atoms with Crippen molar-refractivity contribution in [2.75, 3.05) is 0 Å². The molecule has 0 aromatic carbocycles. The number of carboxylic acids is 1. The second-order valence-corrected chi connectivity index (χ2v) is 4.74. The molecule has 18 heavy (non-hydrogen) atoms. The number of carboxylic acid groups (broad SMARTS) is 1. The number of thiophene rings is 1. The standard InChI is InChI=1S/C11H11N3O3S/c1-2-14-4-6(11(16)17)8(15)5-3-7(9(12)13)18-10(5)14/h3-4H,2H2,1H3,(H3,12,13)(H,16,17). The number of rotatable bonds is 3. The van der Waals surface area contributed by atoms with Gasteiger partial charge in [0.2, 0.25) is 5.43 Å². The smallest absolute Gasteiger partial charge is 0.341 e. The Kier molecular flexibility index (Phi) is 2.92. The number of hydrogen-bond acceptors (Lipinski definition) is 4. The molecule has 0 aliphatic rings. The molecule has 0 fully saturated rings. The monoisotopic (exact) mass is 265 g/mol. The molecule has 6 nitrogen and oxygen atoms in total. The SMILES string of the molecule is CCn1cc(C(=O)O)c(=O)c2cc(C(=N)N)sc21. The van der Waals surface area contributed by atoms with Crippen LogP contribution in [-0.2, 0) is 6.54 Å². The van der Waals surface area contributed by atoms with Crippen LogP contribution < -0.4 is 11.2 Å². The topological polar surface area (TPSA) is 109 Å². The van der Waals surface area contributed by atoms with Crippen molar-refractivity contribution in [1.82, 2.24) is 4.57 Å². The number of aryl methyl sites for hydroxylation is 1. The van der Waals surface area contributed by atoms with Gasteiger partial charge < -0.3 is 15.4 Å². The normalized spacial score (nSPS) is 10.7. The summed E-state index contributed by atoms with van der Waals surface area (Å²) in [6, 6.07) is 1.48. The van der Waals surface area contributed by atoms with Gasteiger partial charge in [-0.2, -0.15) is 0 Å². The van der Waals surface area contributed by atoms with Crippen LogP contribution in [0.15, 0.2) is 17.1 Å². The third kappa shape index (κ3) is 1.78. The Balaban J connectivity index is 2.90. The molecule has 0 atom stereocenters. The lowest BCUT2D eigenvalue weighted by Gasteiger charge is -2.05. The lowest BCUT2D eigenvalue weighted by Crippen LogP contribution is -2.17. The number of nitrogens with zero attached hydrogens (tertiary/aromatic N) is 1. The number of nitrogen functional groups attached to an aromatic ring is 1. The van der Waals surface area contributed by atoms with Crippen LogP contribution in [0.5, 0.6) is 0 Å². The van der Waals surface area contributed by atoms with Crippen molar-refractivity contribution in [1.29, 1.82) is 5.41 Å². The second kappa shape index (κ2) is 4.26. The number of carbonyl (C=O) groups is 1. The predicted molar refractivity (Wildman–Crippen MR) is 69.7 cm³/mol. The zero-order valence-electron chi connectivity index (χ0n) is 9.56. The summed E-state index contributed by atoms with van der Waals surface area (Å²) in [5, 5.41) is 16.6. The van der Waals surface area contributed by atoms with Crippen molar-refractivity contribution in [3.8, 4) is 0 Å². The largest absolute Gasteiger partial charge is 0.477 e. The molecule has 0 aliphatic heterocycles. The molecule has 94 valence electrons. The number of fused-ring (bicyclic) bond motifs is 1. The fourth-order valence-electron chi connectivity index (χ4n) is 1.70. The molecule has 0 spiro atoms. The summed E-state index contributed by atoms with van der Waals surface area (Å²) < 4.78 is 1.68. The van der Waals surface area contributed by atoms with Gasteiger partial charge in [0, 0.05) is 12.7 Å². The van der Waals surface area contributed by atoms with E-state index in [0.29, 0.717) is 21.6 Å². The van der Waals surface area contributed by atoms with Gasteiger partial charge >= 0.3 is 5.97 Å². The van der Waals surface area contributed by atoms with Gasteiger partial charge in [-0.15, -0.1) is 11.3 Å². The van der Waals surface area contributed by atoms with Gasteiger partial charge in [-0.05, 0) is 13.0 Å². The van der Waals surface area contributed by atoms with Crippen molar-refractivity contribution in [2.45, 2.75) is 13.5 Å². The number of aromatic nitrogens is 1. The summed E-state index contributed by atoms with van der Waals surface area (Å²) in [6.45, 7) is 2.39. The molecule has 0 saturated heterocycles. The first-order valence-corrected chi connectivity index (χ1v) is 6.02. The molecule has 2 heterocycles. The molecule has 2 rings (SSSR count). The van der Waals surface area contributed by atoms with Crippen LogP contribution in [0, 0.1) is 5.41 Å². The van der Waals surface area contributed by atoms with Crippen LogP contribution >= 0.6 is 11.3 Å². The van der Waals surface area contributed by atoms with Crippen LogP contribution in [0.4, 0.5) is 0 Å². The molecule has 0 saturated carbocycles. The minimum Gasteiger partial charge on any atom is -0.477 e. The summed E-state index contributed by atoms with van der Waals surface area (Å²) in [7, 11) is 0. The first kappa shape index (κ1) is 12.3. The Bertz CT molecular complexity index is 714. The lowest BCUT2D eigenvalue weighted by molar-refractivity contribution is 0.0695. The first-order chi connectivity index (χ1) is 8.45. The fraction of sp³-hybridized carbons (Fsp3) is 0.182. The van der Waals surface area contributed by atoms with E-state index in [-0.39, 0.29) is 11.4 Å². The minimum atomic E-state index is -1.25. The van der Waals surface area contributed by atoms with Gasteiger partial charge in [-0.1, -0.05) is 0 Å². The average Bonchev–Trinajstić information content (AvgIpc) is 2.74. The minimum absolute atomic E-state index is 0.130. The Labute approximate surface area is 106 Å². The first-order valence-electron chi connectivity index (χ1n) is 5.20. The van der Waals surface area contributed by atoms with Crippen molar-refractivity contribution in [3.05, 3.63) is 32.9 Å². The predicted octanol–water partition coefficient (Wildman–Crippen LogP) is 1.07. The highest BCUT2D eigenvalue weighted by Crippen LogP contribution is 2.23. The Morgan fingerprint density at radius 1 is 1.61 bits per heavy atom. The molecule has 0 aliphatic carbocycles. The van der Waals surface area contributed by atoms with E-state index < -0.39 is 11.4 Å². The Hall–Kier alpha value is -2.15. The average molecular weight is 265 g/mol. The van der Waals surface area contributed by atoms with Gasteiger partial charge in [-0.25, -0.2) is 4.79 Å². The van der Waals surface area contributed by atoms with Crippen LogP contribution in [0.1, 0.15) is 22.2 Å². The number of nitrogens with one attached hydrogen (secondary N) is 1. The van der Waals surface area contributed by atoms with Crippen LogP contribution in [0.2, 0.25) is 0 Å². The van der Waals surface area contributed by atoms with Crippen molar-refractivity contribution in [2.24, 2.45) is 5.73 Å². The Morgan fingerprint density at radius 2 is 2.28 bits per heavy atom. The molecule has 2 aromatic heterocycles. The second-order valence-electron chi connectivity index (χ2n) is 3.71. The molecular weight excluding hydrogens is 254 g/mol. The number of nitrogens with two attached hydrogens (primary N) is 1. The quantitative estimate of drug-likeness (QED) is 0.569. The van der Waals surface area contributed by atoms with E-state index >= 15 is 0 Å². The fourth-order valence-corrected chi connectivity index (χ4v) is 2.75. The third-order valence-corrected chi connectivity index (χ3v) is 3.79. The maximum Gasteiger partial charge on any atom is 0.341 e. The van der Waals surface area contributed by atoms with Crippen LogP contribution in [-0.4, -0.2) is 21.5 Å². The van der Waals surface area contributed by atoms with Crippen molar-refractivity contribution < 1.29 is 9.90 Å². The summed E-state index contributed by atoms with van der Waals surface area (Å²) in [4.78, 5) is 24.1. The molecule has 0 bridgehead atoms. The summed E-state index contributed by atoms with van der Waals surface area (Å²) in [5.74, 6) is -1.38. The van der Waals surface area contributed by atoms with Crippen molar-refractivity contribution >= 4 is 33.4 Å². The highest BCUT2D eigenvalue weighted by Gasteiger charge is 2.17. The number of hydrogen-bond donors (Lipinski definition) is 3. The van der Waals surface area contributed by atoms with Gasteiger partial charge in [0.15, 0.2) is 0 Å². The van der Waals surface area contributed by atoms with E-state index in [2.05, 4.69) is 0 Å². The number of aromatic carboxylic acids is 1. The van der Waals surface area contributed by atoms with Crippen LogP contribution in [0.3, 0.4) is 0 Å². The molecule has 0 unspecified atom stereocenters.